The van der Waals surface area contributed by atoms with Gasteiger partial charge in [-0.3, -0.25) is 4.79 Å². The predicted octanol–water partition coefficient (Wildman–Crippen LogP) is 4.06. The number of nitrogens with one attached hydrogen (secondary N) is 2. The third-order valence-corrected chi connectivity index (χ3v) is 4.76. The number of halogens is 1. The third kappa shape index (κ3) is 3.58. The topological polar surface area (TPSA) is 61.4 Å². The molecular formula is C19H18BrN3O2. The maximum Gasteiger partial charge on any atom is 0.322 e. The molecule has 0 radical (unpaired) electrons. The van der Waals surface area contributed by atoms with Crippen molar-refractivity contribution in [3.63, 3.8) is 0 Å². The molecular weight excluding hydrogens is 382 g/mol. The molecule has 128 valence electrons. The van der Waals surface area contributed by atoms with Gasteiger partial charge in [0.05, 0.1) is 11.6 Å². The fraction of sp³-hybridized carbons (Fsp3) is 0.158. The number of allylic oxidation sites excluding steroid dienone is 1. The Labute approximate surface area is 154 Å². The summed E-state index contributed by atoms with van der Waals surface area (Å²) >= 11 is 3.38. The number of carbonyl (C=O) groups is 2. The normalized spacial score (nSPS) is 17.3. The van der Waals surface area contributed by atoms with Gasteiger partial charge in [0.2, 0.25) is 0 Å². The number of amides is 3. The molecule has 0 unspecified atom stereocenters. The summed E-state index contributed by atoms with van der Waals surface area (Å²) in [6.07, 6.45) is 0. The van der Waals surface area contributed by atoms with Crippen LogP contribution in [0.25, 0.3) is 0 Å². The first-order chi connectivity index (χ1) is 12.0. The Kier molecular flexibility index (Phi) is 4.90. The van der Waals surface area contributed by atoms with Gasteiger partial charge in [-0.05, 0) is 36.8 Å². The number of anilines is 1. The maximum absolute atomic E-state index is 12.9. The molecule has 0 saturated carbocycles. The van der Waals surface area contributed by atoms with Crippen LogP contribution in [0.1, 0.15) is 18.5 Å². The first kappa shape index (κ1) is 17.2. The SMILES string of the molecule is CC1=C(C(=O)Nc2ccc(Br)cc2)[C@@H](c2ccccc2)NC(=O)N1C. The Morgan fingerprint density at radius 2 is 1.76 bits per heavy atom. The van der Waals surface area contributed by atoms with Crippen LogP contribution in [0.4, 0.5) is 10.5 Å². The number of rotatable bonds is 3. The van der Waals surface area contributed by atoms with E-state index >= 15 is 0 Å². The van der Waals surface area contributed by atoms with Crippen LogP contribution >= 0.6 is 15.9 Å². The number of nitrogens with zero attached hydrogens (tertiary/aromatic N) is 1. The van der Waals surface area contributed by atoms with E-state index < -0.39 is 6.04 Å². The Bertz CT molecular complexity index is 832. The first-order valence-electron chi connectivity index (χ1n) is 7.84. The van der Waals surface area contributed by atoms with Gasteiger partial charge < -0.3 is 15.5 Å². The van der Waals surface area contributed by atoms with E-state index in [1.165, 1.54) is 4.90 Å². The molecule has 1 aliphatic heterocycles. The molecule has 3 amide bonds. The highest BCUT2D eigenvalue weighted by atomic mass is 79.9. The minimum atomic E-state index is -0.486. The minimum Gasteiger partial charge on any atom is -0.327 e. The Hall–Kier alpha value is -2.60. The highest BCUT2D eigenvalue weighted by Gasteiger charge is 2.33. The molecule has 0 saturated heterocycles. The van der Waals surface area contributed by atoms with Crippen molar-refractivity contribution in [3.05, 3.63) is 75.9 Å². The van der Waals surface area contributed by atoms with Gasteiger partial charge in [0.1, 0.15) is 0 Å². The summed E-state index contributed by atoms with van der Waals surface area (Å²) in [5, 5.41) is 5.81. The molecule has 1 heterocycles. The molecule has 1 aliphatic rings. The van der Waals surface area contributed by atoms with Crippen molar-refractivity contribution in [2.45, 2.75) is 13.0 Å². The summed E-state index contributed by atoms with van der Waals surface area (Å²) in [6.45, 7) is 1.78. The first-order valence-corrected chi connectivity index (χ1v) is 8.63. The molecule has 0 aliphatic carbocycles. The van der Waals surface area contributed by atoms with E-state index in [9.17, 15) is 9.59 Å². The van der Waals surface area contributed by atoms with E-state index in [1.807, 2.05) is 54.6 Å². The summed E-state index contributed by atoms with van der Waals surface area (Å²) in [4.78, 5) is 26.6. The van der Waals surface area contributed by atoms with E-state index in [4.69, 9.17) is 0 Å². The van der Waals surface area contributed by atoms with Crippen LogP contribution in [0.5, 0.6) is 0 Å². The van der Waals surface area contributed by atoms with Crippen LogP contribution in [0.2, 0.25) is 0 Å². The summed E-state index contributed by atoms with van der Waals surface area (Å²) < 4.78 is 0.938. The summed E-state index contributed by atoms with van der Waals surface area (Å²) in [5.41, 5.74) is 2.72. The molecule has 2 aromatic carbocycles. The quantitative estimate of drug-likeness (QED) is 0.817. The Morgan fingerprint density at radius 1 is 1.12 bits per heavy atom. The number of carbonyl (C=O) groups excluding carboxylic acids is 2. The van der Waals surface area contributed by atoms with Crippen LogP contribution < -0.4 is 10.6 Å². The zero-order valence-corrected chi connectivity index (χ0v) is 15.5. The van der Waals surface area contributed by atoms with Crippen molar-refractivity contribution < 1.29 is 9.59 Å². The lowest BCUT2D eigenvalue weighted by atomic mass is 9.94. The van der Waals surface area contributed by atoms with Crippen LogP contribution in [0.3, 0.4) is 0 Å². The fourth-order valence-electron chi connectivity index (χ4n) is 2.76. The predicted molar refractivity (Wildman–Crippen MR) is 101 cm³/mol. The second-order valence-electron chi connectivity index (χ2n) is 5.81. The lowest BCUT2D eigenvalue weighted by molar-refractivity contribution is -0.113. The minimum absolute atomic E-state index is 0.230. The van der Waals surface area contributed by atoms with Crippen molar-refractivity contribution in [1.82, 2.24) is 10.2 Å². The molecule has 0 spiro atoms. The molecule has 5 nitrogen and oxygen atoms in total. The van der Waals surface area contributed by atoms with Crippen molar-refractivity contribution in [3.8, 4) is 0 Å². The van der Waals surface area contributed by atoms with E-state index in [2.05, 4.69) is 26.6 Å². The molecule has 2 aromatic rings. The third-order valence-electron chi connectivity index (χ3n) is 4.23. The zero-order valence-electron chi connectivity index (χ0n) is 13.9. The lowest BCUT2D eigenvalue weighted by Crippen LogP contribution is -2.46. The van der Waals surface area contributed by atoms with Gasteiger partial charge in [-0.2, -0.15) is 0 Å². The van der Waals surface area contributed by atoms with E-state index in [1.54, 1.807) is 14.0 Å². The van der Waals surface area contributed by atoms with Gasteiger partial charge in [-0.15, -0.1) is 0 Å². The average Bonchev–Trinajstić information content (AvgIpc) is 2.62. The fourth-order valence-corrected chi connectivity index (χ4v) is 3.02. The smallest absolute Gasteiger partial charge is 0.322 e. The molecule has 2 N–H and O–H groups in total. The summed E-state index contributed by atoms with van der Waals surface area (Å²) in [6, 6.07) is 16.1. The maximum atomic E-state index is 12.9. The standard InChI is InChI=1S/C19H18BrN3O2/c1-12-16(18(24)21-15-10-8-14(20)9-11-15)17(22-19(25)23(12)2)13-6-4-3-5-7-13/h3-11,17H,1-2H3,(H,21,24)(H,22,25)/t17-/m1/s1. The summed E-state index contributed by atoms with van der Waals surface area (Å²) in [7, 11) is 1.65. The monoisotopic (exact) mass is 399 g/mol. The van der Waals surface area contributed by atoms with E-state index in [0.29, 0.717) is 17.0 Å². The second kappa shape index (κ2) is 7.11. The Balaban J connectivity index is 1.97. The summed E-state index contributed by atoms with van der Waals surface area (Å²) in [5.74, 6) is -0.236. The van der Waals surface area contributed by atoms with Gasteiger partial charge in [0, 0.05) is 22.9 Å². The van der Waals surface area contributed by atoms with Crippen molar-refractivity contribution in [2.75, 3.05) is 12.4 Å². The average molecular weight is 400 g/mol. The highest BCUT2D eigenvalue weighted by Crippen LogP contribution is 2.30. The molecule has 3 rings (SSSR count). The van der Waals surface area contributed by atoms with Gasteiger partial charge >= 0.3 is 6.03 Å². The van der Waals surface area contributed by atoms with E-state index in [-0.39, 0.29) is 11.9 Å². The largest absolute Gasteiger partial charge is 0.327 e. The van der Waals surface area contributed by atoms with Crippen molar-refractivity contribution in [1.29, 1.82) is 0 Å². The van der Waals surface area contributed by atoms with Crippen LogP contribution in [0.15, 0.2) is 70.3 Å². The van der Waals surface area contributed by atoms with Crippen LogP contribution in [0, 0.1) is 0 Å². The molecule has 0 fully saturated rings. The van der Waals surface area contributed by atoms with Gasteiger partial charge in [-0.1, -0.05) is 46.3 Å². The van der Waals surface area contributed by atoms with Gasteiger partial charge in [-0.25, -0.2) is 4.79 Å². The molecule has 25 heavy (non-hydrogen) atoms. The second-order valence-corrected chi connectivity index (χ2v) is 6.73. The van der Waals surface area contributed by atoms with Gasteiger partial charge in [0.15, 0.2) is 0 Å². The molecule has 1 atom stereocenters. The van der Waals surface area contributed by atoms with Crippen LogP contribution in [-0.4, -0.2) is 23.9 Å². The van der Waals surface area contributed by atoms with Crippen LogP contribution in [-0.2, 0) is 4.79 Å². The number of urea groups is 1. The van der Waals surface area contributed by atoms with Crippen molar-refractivity contribution in [2.24, 2.45) is 0 Å². The highest BCUT2D eigenvalue weighted by molar-refractivity contribution is 9.10. The zero-order chi connectivity index (χ0) is 18.0. The lowest BCUT2D eigenvalue weighted by Gasteiger charge is -2.33. The number of benzene rings is 2. The van der Waals surface area contributed by atoms with Crippen molar-refractivity contribution >= 4 is 33.6 Å². The number of hydrogen-bond acceptors (Lipinski definition) is 2. The van der Waals surface area contributed by atoms with E-state index in [0.717, 1.165) is 10.0 Å². The Morgan fingerprint density at radius 3 is 2.40 bits per heavy atom. The molecule has 0 bridgehead atoms. The van der Waals surface area contributed by atoms with Gasteiger partial charge in [0.25, 0.3) is 5.91 Å². The molecule has 0 aromatic heterocycles. The number of hydrogen-bond donors (Lipinski definition) is 2. The molecule has 6 heteroatoms.